The standard InChI is InChI=1S/C14H28N2O/c1-15-14-8-2-5-12(14)11-16-9-3-6-13(16)7-4-10-17/h12-15,17H,2-11H2,1H3. The van der Waals surface area contributed by atoms with E-state index in [9.17, 15) is 0 Å². The lowest BCUT2D eigenvalue weighted by Crippen LogP contribution is -2.40. The van der Waals surface area contributed by atoms with Crippen molar-refractivity contribution in [2.75, 3.05) is 26.7 Å². The third kappa shape index (κ3) is 3.43. The molecule has 2 rings (SSSR count). The molecule has 1 heterocycles. The third-order valence-electron chi connectivity index (χ3n) is 4.69. The van der Waals surface area contributed by atoms with E-state index in [2.05, 4.69) is 17.3 Å². The Balaban J connectivity index is 1.80. The second-order valence-corrected chi connectivity index (χ2v) is 5.74. The molecule has 1 aliphatic carbocycles. The van der Waals surface area contributed by atoms with Crippen LogP contribution in [0.3, 0.4) is 0 Å². The summed E-state index contributed by atoms with van der Waals surface area (Å²) in [4.78, 5) is 2.69. The van der Waals surface area contributed by atoms with Crippen molar-refractivity contribution in [2.24, 2.45) is 5.92 Å². The number of rotatable bonds is 6. The molecular formula is C14H28N2O. The van der Waals surface area contributed by atoms with Crippen LogP contribution in [-0.2, 0) is 0 Å². The van der Waals surface area contributed by atoms with E-state index in [1.807, 2.05) is 0 Å². The summed E-state index contributed by atoms with van der Waals surface area (Å²) < 4.78 is 0. The van der Waals surface area contributed by atoms with Crippen LogP contribution in [0.15, 0.2) is 0 Å². The molecule has 0 aromatic rings. The quantitative estimate of drug-likeness (QED) is 0.740. The van der Waals surface area contributed by atoms with Crippen LogP contribution < -0.4 is 5.32 Å². The smallest absolute Gasteiger partial charge is 0.0431 e. The van der Waals surface area contributed by atoms with E-state index in [-0.39, 0.29) is 0 Å². The average molecular weight is 240 g/mol. The predicted molar refractivity (Wildman–Crippen MR) is 71.1 cm³/mol. The van der Waals surface area contributed by atoms with Crippen molar-refractivity contribution in [1.29, 1.82) is 0 Å². The minimum atomic E-state index is 0.354. The van der Waals surface area contributed by atoms with Crippen LogP contribution in [0.2, 0.25) is 0 Å². The number of hydrogen-bond acceptors (Lipinski definition) is 3. The number of nitrogens with zero attached hydrogens (tertiary/aromatic N) is 1. The maximum absolute atomic E-state index is 8.95. The van der Waals surface area contributed by atoms with Crippen molar-refractivity contribution in [3.63, 3.8) is 0 Å². The van der Waals surface area contributed by atoms with Crippen molar-refractivity contribution in [2.45, 2.75) is 57.0 Å². The maximum atomic E-state index is 8.95. The molecule has 17 heavy (non-hydrogen) atoms. The Morgan fingerprint density at radius 1 is 1.24 bits per heavy atom. The summed E-state index contributed by atoms with van der Waals surface area (Å²) in [6.07, 6.45) is 9.01. The highest BCUT2D eigenvalue weighted by Gasteiger charge is 2.31. The van der Waals surface area contributed by atoms with Crippen LogP contribution in [0, 0.1) is 5.92 Å². The molecular weight excluding hydrogens is 212 g/mol. The van der Waals surface area contributed by atoms with Gasteiger partial charge >= 0.3 is 0 Å². The van der Waals surface area contributed by atoms with E-state index in [1.165, 1.54) is 51.6 Å². The van der Waals surface area contributed by atoms with Gasteiger partial charge in [0.05, 0.1) is 0 Å². The monoisotopic (exact) mass is 240 g/mol. The van der Waals surface area contributed by atoms with Crippen LogP contribution in [0.5, 0.6) is 0 Å². The number of aliphatic hydroxyl groups is 1. The van der Waals surface area contributed by atoms with Gasteiger partial charge in [-0.15, -0.1) is 0 Å². The molecule has 0 aromatic carbocycles. The molecule has 0 radical (unpaired) electrons. The average Bonchev–Trinajstić information content (AvgIpc) is 2.96. The molecule has 0 amide bonds. The number of likely N-dealkylation sites (tertiary alicyclic amines) is 1. The minimum absolute atomic E-state index is 0.354. The lowest BCUT2D eigenvalue weighted by atomic mass is 10.0. The van der Waals surface area contributed by atoms with Gasteiger partial charge in [0, 0.05) is 25.2 Å². The van der Waals surface area contributed by atoms with E-state index < -0.39 is 0 Å². The van der Waals surface area contributed by atoms with Gasteiger partial charge in [0.1, 0.15) is 0 Å². The first kappa shape index (κ1) is 13.3. The Labute approximate surface area is 106 Å². The minimum Gasteiger partial charge on any atom is -0.396 e. The van der Waals surface area contributed by atoms with Gasteiger partial charge in [0.15, 0.2) is 0 Å². The molecule has 0 bridgehead atoms. The van der Waals surface area contributed by atoms with Gasteiger partial charge in [-0.3, -0.25) is 0 Å². The summed E-state index contributed by atoms with van der Waals surface area (Å²) in [5.41, 5.74) is 0. The van der Waals surface area contributed by atoms with Crippen molar-refractivity contribution in [3.8, 4) is 0 Å². The fourth-order valence-electron chi connectivity index (χ4n) is 3.73. The van der Waals surface area contributed by atoms with Crippen molar-refractivity contribution >= 4 is 0 Å². The van der Waals surface area contributed by atoms with Crippen LogP contribution in [-0.4, -0.2) is 48.8 Å². The van der Waals surface area contributed by atoms with E-state index in [1.54, 1.807) is 0 Å². The van der Waals surface area contributed by atoms with Crippen molar-refractivity contribution in [3.05, 3.63) is 0 Å². The summed E-state index contributed by atoms with van der Waals surface area (Å²) in [5.74, 6) is 0.856. The second-order valence-electron chi connectivity index (χ2n) is 5.74. The molecule has 1 saturated heterocycles. The second kappa shape index (κ2) is 6.72. The summed E-state index contributed by atoms with van der Waals surface area (Å²) in [5, 5.41) is 12.4. The topological polar surface area (TPSA) is 35.5 Å². The summed E-state index contributed by atoms with van der Waals surface area (Å²) in [6, 6.07) is 1.49. The van der Waals surface area contributed by atoms with E-state index in [0.29, 0.717) is 6.61 Å². The Morgan fingerprint density at radius 2 is 2.12 bits per heavy atom. The fourth-order valence-corrected chi connectivity index (χ4v) is 3.73. The molecule has 2 aliphatic rings. The third-order valence-corrected chi connectivity index (χ3v) is 4.69. The maximum Gasteiger partial charge on any atom is 0.0431 e. The molecule has 3 atom stereocenters. The summed E-state index contributed by atoms with van der Waals surface area (Å²) in [7, 11) is 2.11. The van der Waals surface area contributed by atoms with E-state index >= 15 is 0 Å². The Morgan fingerprint density at radius 3 is 2.88 bits per heavy atom. The predicted octanol–water partition coefficient (Wildman–Crippen LogP) is 1.61. The largest absolute Gasteiger partial charge is 0.396 e. The summed E-state index contributed by atoms with van der Waals surface area (Å²) >= 11 is 0. The van der Waals surface area contributed by atoms with Gasteiger partial charge in [-0.05, 0) is 58.0 Å². The highest BCUT2D eigenvalue weighted by atomic mass is 16.2. The molecule has 2 N–H and O–H groups in total. The van der Waals surface area contributed by atoms with E-state index in [4.69, 9.17) is 5.11 Å². The zero-order valence-corrected chi connectivity index (χ0v) is 11.2. The molecule has 100 valence electrons. The highest BCUT2D eigenvalue weighted by molar-refractivity contribution is 4.88. The molecule has 2 fully saturated rings. The molecule has 3 heteroatoms. The Hall–Kier alpha value is -0.120. The van der Waals surface area contributed by atoms with Gasteiger partial charge < -0.3 is 15.3 Å². The van der Waals surface area contributed by atoms with Crippen molar-refractivity contribution < 1.29 is 5.11 Å². The first-order valence-corrected chi connectivity index (χ1v) is 7.37. The van der Waals surface area contributed by atoms with Gasteiger partial charge in [0.2, 0.25) is 0 Å². The highest BCUT2D eigenvalue weighted by Crippen LogP contribution is 2.30. The van der Waals surface area contributed by atoms with Gasteiger partial charge in [0.25, 0.3) is 0 Å². The molecule has 1 saturated carbocycles. The van der Waals surface area contributed by atoms with Gasteiger partial charge in [-0.1, -0.05) is 6.42 Å². The van der Waals surface area contributed by atoms with Gasteiger partial charge in [-0.2, -0.15) is 0 Å². The molecule has 3 unspecified atom stereocenters. The van der Waals surface area contributed by atoms with Crippen LogP contribution in [0.4, 0.5) is 0 Å². The van der Waals surface area contributed by atoms with E-state index in [0.717, 1.165) is 24.4 Å². The summed E-state index contributed by atoms with van der Waals surface area (Å²) in [6.45, 7) is 2.91. The molecule has 0 spiro atoms. The van der Waals surface area contributed by atoms with Crippen LogP contribution >= 0.6 is 0 Å². The fraction of sp³-hybridized carbons (Fsp3) is 1.00. The van der Waals surface area contributed by atoms with Gasteiger partial charge in [-0.25, -0.2) is 0 Å². The number of aliphatic hydroxyl groups excluding tert-OH is 1. The van der Waals surface area contributed by atoms with Crippen LogP contribution in [0.25, 0.3) is 0 Å². The van der Waals surface area contributed by atoms with Crippen molar-refractivity contribution in [1.82, 2.24) is 10.2 Å². The molecule has 1 aliphatic heterocycles. The SMILES string of the molecule is CNC1CCCC1CN1CCCC1CCCO. The first-order valence-electron chi connectivity index (χ1n) is 7.37. The Kier molecular flexibility index (Phi) is 5.26. The zero-order valence-electron chi connectivity index (χ0n) is 11.2. The number of nitrogens with one attached hydrogen (secondary N) is 1. The molecule has 0 aromatic heterocycles. The molecule has 3 nitrogen and oxygen atoms in total. The first-order chi connectivity index (χ1) is 8.35. The zero-order chi connectivity index (χ0) is 12.1. The van der Waals surface area contributed by atoms with Crippen LogP contribution in [0.1, 0.15) is 44.9 Å². The lowest BCUT2D eigenvalue weighted by molar-refractivity contribution is 0.181. The Bertz CT molecular complexity index is 222. The number of hydrogen-bond donors (Lipinski definition) is 2. The lowest BCUT2D eigenvalue weighted by Gasteiger charge is -2.29. The normalized spacial score (nSPS) is 34.6.